The summed E-state index contributed by atoms with van der Waals surface area (Å²) in [6, 6.07) is 16.0. The number of aryl methyl sites for hydroxylation is 4. The zero-order valence-electron chi connectivity index (χ0n) is 16.7. The molecule has 0 aliphatic rings. The first-order valence-corrected chi connectivity index (χ1v) is 9.59. The molecule has 0 spiro atoms. The summed E-state index contributed by atoms with van der Waals surface area (Å²) < 4.78 is 7.49. The Bertz CT molecular complexity index is 912. The van der Waals surface area contributed by atoms with Gasteiger partial charge in [0.25, 0.3) is 5.91 Å². The summed E-state index contributed by atoms with van der Waals surface area (Å²) in [4.78, 5) is 12.0. The van der Waals surface area contributed by atoms with Crippen LogP contribution >= 0.6 is 0 Å². The number of nitrogens with zero attached hydrogens (tertiary/aromatic N) is 2. The van der Waals surface area contributed by atoms with E-state index in [1.165, 1.54) is 5.56 Å². The lowest BCUT2D eigenvalue weighted by Crippen LogP contribution is -2.29. The van der Waals surface area contributed by atoms with E-state index in [4.69, 9.17) is 4.74 Å². The maximum absolute atomic E-state index is 12.0. The summed E-state index contributed by atoms with van der Waals surface area (Å²) in [5, 5.41) is 7.50. The highest BCUT2D eigenvalue weighted by molar-refractivity contribution is 5.77. The van der Waals surface area contributed by atoms with Crippen LogP contribution in [0.4, 0.5) is 0 Å². The molecule has 1 aromatic heterocycles. The predicted octanol–water partition coefficient (Wildman–Crippen LogP) is 3.93. The largest absolute Gasteiger partial charge is 0.484 e. The summed E-state index contributed by atoms with van der Waals surface area (Å²) in [5.74, 6) is 0.632. The number of hydrogen-bond donors (Lipinski definition) is 1. The van der Waals surface area contributed by atoms with E-state index >= 15 is 0 Å². The van der Waals surface area contributed by atoms with Crippen molar-refractivity contribution in [1.29, 1.82) is 0 Å². The van der Waals surface area contributed by atoms with Crippen LogP contribution in [-0.4, -0.2) is 28.8 Å². The van der Waals surface area contributed by atoms with Crippen LogP contribution in [0.25, 0.3) is 5.69 Å². The third-order valence-corrected chi connectivity index (χ3v) is 4.53. The Balaban J connectivity index is 1.42. The fourth-order valence-electron chi connectivity index (χ4n) is 3.18. The van der Waals surface area contributed by atoms with Crippen molar-refractivity contribution in [2.24, 2.45) is 0 Å². The lowest BCUT2D eigenvalue weighted by atomic mass is 10.1. The van der Waals surface area contributed by atoms with Crippen LogP contribution in [0.2, 0.25) is 0 Å². The Hall–Kier alpha value is -3.08. The Morgan fingerprint density at radius 3 is 2.50 bits per heavy atom. The molecular formula is C23H27N3O2. The normalized spacial score (nSPS) is 10.7. The van der Waals surface area contributed by atoms with Crippen LogP contribution in [0.3, 0.4) is 0 Å². The number of aromatic nitrogens is 2. The first kappa shape index (κ1) is 19.7. The Morgan fingerprint density at radius 1 is 1.07 bits per heavy atom. The molecule has 0 saturated heterocycles. The Labute approximate surface area is 166 Å². The number of ether oxygens (including phenoxy) is 1. The van der Waals surface area contributed by atoms with Gasteiger partial charge in [0, 0.05) is 12.7 Å². The van der Waals surface area contributed by atoms with Crippen LogP contribution in [-0.2, 0) is 11.2 Å². The van der Waals surface area contributed by atoms with Gasteiger partial charge in [-0.25, -0.2) is 4.68 Å². The molecule has 1 amide bonds. The second-order valence-electron chi connectivity index (χ2n) is 7.09. The molecule has 5 nitrogen and oxygen atoms in total. The van der Waals surface area contributed by atoms with Gasteiger partial charge in [0.15, 0.2) is 6.61 Å². The number of carbonyl (C=O) groups excluding carboxylic acids is 1. The van der Waals surface area contributed by atoms with Crippen LogP contribution in [0, 0.1) is 20.8 Å². The van der Waals surface area contributed by atoms with Gasteiger partial charge in [-0.2, -0.15) is 5.10 Å². The summed E-state index contributed by atoms with van der Waals surface area (Å²) in [7, 11) is 0. The van der Waals surface area contributed by atoms with Crippen molar-refractivity contribution in [3.63, 3.8) is 0 Å². The third kappa shape index (κ3) is 5.46. The van der Waals surface area contributed by atoms with E-state index in [0.717, 1.165) is 41.1 Å². The average Bonchev–Trinajstić information content (AvgIpc) is 3.04. The monoisotopic (exact) mass is 377 g/mol. The number of benzene rings is 2. The fraction of sp³-hybridized carbons (Fsp3) is 0.304. The highest BCUT2D eigenvalue weighted by Crippen LogP contribution is 2.16. The molecule has 3 rings (SSSR count). The summed E-state index contributed by atoms with van der Waals surface area (Å²) in [6.07, 6.45) is 3.79. The van der Waals surface area contributed by atoms with Gasteiger partial charge in [-0.15, -0.1) is 0 Å². The van der Waals surface area contributed by atoms with E-state index in [1.54, 1.807) is 0 Å². The lowest BCUT2D eigenvalue weighted by molar-refractivity contribution is -0.123. The molecule has 1 heterocycles. The molecule has 0 saturated carbocycles. The second-order valence-corrected chi connectivity index (χ2v) is 7.09. The molecule has 0 bridgehead atoms. The van der Waals surface area contributed by atoms with Crippen LogP contribution in [0.15, 0.2) is 54.7 Å². The van der Waals surface area contributed by atoms with Gasteiger partial charge in [-0.05, 0) is 74.6 Å². The van der Waals surface area contributed by atoms with Gasteiger partial charge >= 0.3 is 0 Å². The SMILES string of the molecule is Cc1cc(C)cc(OCC(=O)NCCCc2cn(-c3ccccc3)nc2C)c1. The quantitative estimate of drug-likeness (QED) is 0.605. The molecule has 3 aromatic rings. The van der Waals surface area contributed by atoms with Crippen molar-refractivity contribution in [2.45, 2.75) is 33.6 Å². The Morgan fingerprint density at radius 2 is 1.79 bits per heavy atom. The van der Waals surface area contributed by atoms with Crippen LogP contribution in [0.1, 0.15) is 28.8 Å². The van der Waals surface area contributed by atoms with E-state index in [2.05, 4.69) is 22.7 Å². The summed E-state index contributed by atoms with van der Waals surface area (Å²) in [6.45, 7) is 6.70. The summed E-state index contributed by atoms with van der Waals surface area (Å²) in [5.41, 5.74) is 5.52. The lowest BCUT2D eigenvalue weighted by Gasteiger charge is -2.09. The fourth-order valence-corrected chi connectivity index (χ4v) is 3.18. The van der Waals surface area contributed by atoms with E-state index in [1.807, 2.05) is 67.9 Å². The van der Waals surface area contributed by atoms with E-state index < -0.39 is 0 Å². The molecule has 0 aliphatic heterocycles. The zero-order chi connectivity index (χ0) is 19.9. The topological polar surface area (TPSA) is 56.1 Å². The minimum absolute atomic E-state index is 0.0356. The molecule has 28 heavy (non-hydrogen) atoms. The molecule has 0 aliphatic carbocycles. The van der Waals surface area contributed by atoms with Gasteiger partial charge in [0.05, 0.1) is 11.4 Å². The predicted molar refractivity (Wildman–Crippen MR) is 111 cm³/mol. The average molecular weight is 377 g/mol. The van der Waals surface area contributed by atoms with Crippen molar-refractivity contribution in [1.82, 2.24) is 15.1 Å². The molecule has 0 fully saturated rings. The number of nitrogens with one attached hydrogen (secondary N) is 1. The highest BCUT2D eigenvalue weighted by atomic mass is 16.5. The van der Waals surface area contributed by atoms with Crippen molar-refractivity contribution < 1.29 is 9.53 Å². The number of carbonyl (C=O) groups is 1. The Kier molecular flexibility index (Phi) is 6.48. The standard InChI is InChI=1S/C23H27N3O2/c1-17-12-18(2)14-22(13-17)28-16-23(27)24-11-7-8-20-15-26(25-19(20)3)21-9-5-4-6-10-21/h4-6,9-10,12-15H,7-8,11,16H2,1-3H3,(H,24,27). The molecule has 0 radical (unpaired) electrons. The number of para-hydroxylation sites is 1. The molecule has 1 N–H and O–H groups in total. The van der Waals surface area contributed by atoms with Crippen molar-refractivity contribution in [3.8, 4) is 11.4 Å². The van der Waals surface area contributed by atoms with E-state index in [-0.39, 0.29) is 12.5 Å². The molecule has 2 aromatic carbocycles. The van der Waals surface area contributed by atoms with Gasteiger partial charge in [-0.1, -0.05) is 24.3 Å². The third-order valence-electron chi connectivity index (χ3n) is 4.53. The molecule has 0 atom stereocenters. The molecule has 0 unspecified atom stereocenters. The minimum Gasteiger partial charge on any atom is -0.484 e. The smallest absolute Gasteiger partial charge is 0.257 e. The first-order chi connectivity index (χ1) is 13.5. The number of rotatable bonds is 8. The minimum atomic E-state index is -0.101. The van der Waals surface area contributed by atoms with Gasteiger partial charge in [-0.3, -0.25) is 4.79 Å². The van der Waals surface area contributed by atoms with E-state index in [0.29, 0.717) is 6.54 Å². The highest BCUT2D eigenvalue weighted by Gasteiger charge is 2.07. The van der Waals surface area contributed by atoms with Crippen molar-refractivity contribution in [2.75, 3.05) is 13.2 Å². The van der Waals surface area contributed by atoms with Crippen LogP contribution in [0.5, 0.6) is 5.75 Å². The van der Waals surface area contributed by atoms with Crippen LogP contribution < -0.4 is 10.1 Å². The zero-order valence-corrected chi connectivity index (χ0v) is 16.7. The molecular weight excluding hydrogens is 350 g/mol. The second kappa shape index (κ2) is 9.22. The van der Waals surface area contributed by atoms with Gasteiger partial charge < -0.3 is 10.1 Å². The van der Waals surface area contributed by atoms with Crippen molar-refractivity contribution >= 4 is 5.91 Å². The van der Waals surface area contributed by atoms with Gasteiger partial charge in [0.1, 0.15) is 5.75 Å². The summed E-state index contributed by atoms with van der Waals surface area (Å²) >= 11 is 0. The number of amides is 1. The maximum atomic E-state index is 12.0. The molecule has 5 heteroatoms. The maximum Gasteiger partial charge on any atom is 0.257 e. The molecule has 146 valence electrons. The van der Waals surface area contributed by atoms with Crippen molar-refractivity contribution in [3.05, 3.63) is 77.1 Å². The first-order valence-electron chi connectivity index (χ1n) is 9.59. The van der Waals surface area contributed by atoms with E-state index in [9.17, 15) is 4.79 Å². The van der Waals surface area contributed by atoms with Gasteiger partial charge in [0.2, 0.25) is 0 Å². The number of hydrogen-bond acceptors (Lipinski definition) is 3.